The Hall–Kier alpha value is -0.580. The molecule has 0 spiro atoms. The number of hydrogen-bond acceptors (Lipinski definition) is 4. The van der Waals surface area contributed by atoms with Gasteiger partial charge in [-0.05, 0) is 51.0 Å². The first kappa shape index (κ1) is 41.4. The predicted molar refractivity (Wildman–Crippen MR) is 183 cm³/mol. The number of allylic oxidation sites excluding steroid dienone is 1. The van der Waals surface area contributed by atoms with Crippen LogP contribution in [0.15, 0.2) is 12.3 Å². The zero-order chi connectivity index (χ0) is 30.4. The fraction of sp³-hybridized carbons (Fsp3) is 0.947. The second kappa shape index (κ2) is 38.4. The highest BCUT2D eigenvalue weighted by Gasteiger charge is 2.09. The van der Waals surface area contributed by atoms with Gasteiger partial charge < -0.3 is 18.9 Å². The molecule has 0 radical (unpaired) electrons. The monoisotopic (exact) mass is 597 g/mol. The highest BCUT2D eigenvalue weighted by atomic mass is 16.7. The van der Waals surface area contributed by atoms with Gasteiger partial charge in [-0.15, -0.1) is 0 Å². The van der Waals surface area contributed by atoms with Gasteiger partial charge in [-0.1, -0.05) is 156 Å². The minimum atomic E-state index is -0.0379. The van der Waals surface area contributed by atoms with Crippen LogP contribution in [0, 0.1) is 0 Å². The molecule has 0 aliphatic heterocycles. The van der Waals surface area contributed by atoms with Crippen molar-refractivity contribution in [1.82, 2.24) is 0 Å². The van der Waals surface area contributed by atoms with Gasteiger partial charge in [0.25, 0.3) is 0 Å². The molecule has 0 amide bonds. The van der Waals surface area contributed by atoms with E-state index in [4.69, 9.17) is 18.9 Å². The second-order valence-corrected chi connectivity index (χ2v) is 12.4. The largest absolute Gasteiger partial charge is 0.475 e. The topological polar surface area (TPSA) is 36.9 Å². The SMILES string of the molecule is CCCCCCCCCCOCOC=CCCCCC(OCCCCCCCCCC)OCCCCCCCCCC. The van der Waals surface area contributed by atoms with Crippen molar-refractivity contribution in [3.05, 3.63) is 12.3 Å². The molecule has 0 bridgehead atoms. The van der Waals surface area contributed by atoms with Crippen molar-refractivity contribution in [1.29, 1.82) is 0 Å². The van der Waals surface area contributed by atoms with Gasteiger partial charge in [0.2, 0.25) is 0 Å². The molecule has 0 aromatic heterocycles. The van der Waals surface area contributed by atoms with E-state index in [1.807, 2.05) is 6.26 Å². The first-order valence-corrected chi connectivity index (χ1v) is 18.9. The number of rotatable bonds is 37. The average Bonchev–Trinajstić information content (AvgIpc) is 3.00. The summed E-state index contributed by atoms with van der Waals surface area (Å²) in [5.74, 6) is 0. The van der Waals surface area contributed by atoms with Crippen LogP contribution in [0.5, 0.6) is 0 Å². The Kier molecular flexibility index (Phi) is 37.9. The predicted octanol–water partition coefficient (Wildman–Crippen LogP) is 12.8. The van der Waals surface area contributed by atoms with Crippen molar-refractivity contribution in [3.8, 4) is 0 Å². The third-order valence-corrected chi connectivity index (χ3v) is 8.15. The third kappa shape index (κ3) is 35.6. The van der Waals surface area contributed by atoms with Crippen LogP contribution >= 0.6 is 0 Å². The van der Waals surface area contributed by atoms with Crippen molar-refractivity contribution in [2.24, 2.45) is 0 Å². The van der Waals surface area contributed by atoms with E-state index in [0.29, 0.717) is 6.79 Å². The van der Waals surface area contributed by atoms with E-state index >= 15 is 0 Å². The van der Waals surface area contributed by atoms with Crippen LogP contribution in [-0.4, -0.2) is 32.9 Å². The summed E-state index contributed by atoms with van der Waals surface area (Å²) in [7, 11) is 0. The summed E-state index contributed by atoms with van der Waals surface area (Å²) in [5.41, 5.74) is 0. The fourth-order valence-electron chi connectivity index (χ4n) is 5.31. The average molecular weight is 597 g/mol. The molecule has 0 rings (SSSR count). The molecule has 0 aromatic rings. The number of hydrogen-bond donors (Lipinski definition) is 0. The van der Waals surface area contributed by atoms with E-state index in [1.165, 1.54) is 135 Å². The van der Waals surface area contributed by atoms with E-state index in [-0.39, 0.29) is 6.29 Å². The second-order valence-electron chi connectivity index (χ2n) is 12.4. The summed E-state index contributed by atoms with van der Waals surface area (Å²) in [5, 5.41) is 0. The van der Waals surface area contributed by atoms with E-state index in [0.717, 1.165) is 64.8 Å². The molecule has 4 nitrogen and oxygen atoms in total. The van der Waals surface area contributed by atoms with Crippen molar-refractivity contribution >= 4 is 0 Å². The van der Waals surface area contributed by atoms with Gasteiger partial charge in [0, 0.05) is 13.2 Å². The van der Waals surface area contributed by atoms with Crippen molar-refractivity contribution < 1.29 is 18.9 Å². The molecule has 252 valence electrons. The maximum absolute atomic E-state index is 6.21. The third-order valence-electron chi connectivity index (χ3n) is 8.15. The van der Waals surface area contributed by atoms with Crippen molar-refractivity contribution in [3.63, 3.8) is 0 Å². The lowest BCUT2D eigenvalue weighted by molar-refractivity contribution is -0.148. The zero-order valence-corrected chi connectivity index (χ0v) is 29.0. The Labute approximate surface area is 264 Å². The van der Waals surface area contributed by atoms with Crippen LogP contribution in [0.4, 0.5) is 0 Å². The fourth-order valence-corrected chi connectivity index (χ4v) is 5.31. The molecule has 42 heavy (non-hydrogen) atoms. The first-order valence-electron chi connectivity index (χ1n) is 18.9. The lowest BCUT2D eigenvalue weighted by atomic mass is 10.1. The van der Waals surface area contributed by atoms with E-state index in [1.54, 1.807) is 0 Å². The molecule has 0 unspecified atom stereocenters. The van der Waals surface area contributed by atoms with Gasteiger partial charge >= 0.3 is 0 Å². The normalized spacial score (nSPS) is 11.8. The van der Waals surface area contributed by atoms with E-state index in [9.17, 15) is 0 Å². The van der Waals surface area contributed by atoms with Crippen molar-refractivity contribution in [2.45, 2.75) is 207 Å². The molecule has 0 saturated heterocycles. The summed E-state index contributed by atoms with van der Waals surface area (Å²) in [6, 6.07) is 0. The Bertz CT molecular complexity index is 473. The number of ether oxygens (including phenoxy) is 4. The van der Waals surface area contributed by atoms with Gasteiger partial charge in [-0.2, -0.15) is 0 Å². The van der Waals surface area contributed by atoms with Crippen molar-refractivity contribution in [2.75, 3.05) is 26.6 Å². The molecule has 0 aliphatic carbocycles. The summed E-state index contributed by atoms with van der Waals surface area (Å²) < 4.78 is 23.5. The molecule has 0 saturated carbocycles. The lowest BCUT2D eigenvalue weighted by Crippen LogP contribution is -2.19. The van der Waals surface area contributed by atoms with Crippen LogP contribution in [-0.2, 0) is 18.9 Å². The first-order chi connectivity index (χ1) is 20.8. The van der Waals surface area contributed by atoms with Crippen LogP contribution in [0.3, 0.4) is 0 Å². The van der Waals surface area contributed by atoms with Crippen LogP contribution in [0.1, 0.15) is 201 Å². The maximum atomic E-state index is 6.21. The Balaban J connectivity index is 3.86. The highest BCUT2D eigenvalue weighted by Crippen LogP contribution is 2.14. The highest BCUT2D eigenvalue weighted by molar-refractivity contribution is 4.73. The minimum Gasteiger partial charge on any atom is -0.475 e. The van der Waals surface area contributed by atoms with Gasteiger partial charge in [-0.25, -0.2) is 0 Å². The smallest absolute Gasteiger partial charge is 0.188 e. The number of unbranched alkanes of at least 4 members (excludes halogenated alkanes) is 23. The van der Waals surface area contributed by atoms with Crippen LogP contribution in [0.2, 0.25) is 0 Å². The molecule has 0 atom stereocenters. The quantitative estimate of drug-likeness (QED) is 0.0406. The molecule has 0 heterocycles. The summed E-state index contributed by atoms with van der Waals surface area (Å²) in [4.78, 5) is 0. The maximum Gasteiger partial charge on any atom is 0.188 e. The Morgan fingerprint density at radius 1 is 0.429 bits per heavy atom. The molecule has 0 aromatic carbocycles. The molecule has 4 heteroatoms. The van der Waals surface area contributed by atoms with Crippen LogP contribution < -0.4 is 0 Å². The van der Waals surface area contributed by atoms with Gasteiger partial charge in [0.05, 0.1) is 12.9 Å². The molecular weight excluding hydrogens is 520 g/mol. The van der Waals surface area contributed by atoms with Gasteiger partial charge in [-0.3, -0.25) is 0 Å². The van der Waals surface area contributed by atoms with Gasteiger partial charge in [0.1, 0.15) is 0 Å². The molecule has 0 aliphatic rings. The van der Waals surface area contributed by atoms with Crippen LogP contribution in [0.25, 0.3) is 0 Å². The molecule has 0 N–H and O–H groups in total. The lowest BCUT2D eigenvalue weighted by Gasteiger charge is -2.19. The van der Waals surface area contributed by atoms with E-state index in [2.05, 4.69) is 26.8 Å². The zero-order valence-electron chi connectivity index (χ0n) is 29.0. The Morgan fingerprint density at radius 3 is 1.29 bits per heavy atom. The molecular formula is C38H76O4. The van der Waals surface area contributed by atoms with Gasteiger partial charge in [0.15, 0.2) is 13.1 Å². The summed E-state index contributed by atoms with van der Waals surface area (Å²) in [6.07, 6.45) is 40.1. The minimum absolute atomic E-state index is 0.0379. The molecule has 0 fully saturated rings. The van der Waals surface area contributed by atoms with E-state index < -0.39 is 0 Å². The standard InChI is InChI=1S/C38H76O4/c1-4-7-10-13-16-19-23-28-33-39-37-40-34-29-26-22-27-32-38(41-35-30-24-20-17-14-11-8-5-2)42-36-31-25-21-18-15-12-9-6-3/h29,34,38H,4-28,30-33,35-37H2,1-3H3. The Morgan fingerprint density at radius 2 is 0.833 bits per heavy atom. The summed E-state index contributed by atoms with van der Waals surface area (Å²) in [6.45, 7) is 9.69. The summed E-state index contributed by atoms with van der Waals surface area (Å²) >= 11 is 0.